The van der Waals surface area contributed by atoms with Gasteiger partial charge in [0, 0.05) is 63.3 Å². The van der Waals surface area contributed by atoms with Crippen molar-refractivity contribution in [2.45, 2.75) is 45.2 Å². The maximum atomic E-state index is 12.3. The number of hydrogen-bond acceptors (Lipinski definition) is 5. The van der Waals surface area contributed by atoms with Gasteiger partial charge in [0.25, 0.3) is 0 Å². The van der Waals surface area contributed by atoms with Crippen molar-refractivity contribution in [3.63, 3.8) is 0 Å². The first-order chi connectivity index (χ1) is 11.8. The Labute approximate surface area is 142 Å². The van der Waals surface area contributed by atoms with Crippen LogP contribution in [0.5, 0.6) is 0 Å². The molecule has 3 rings (SSSR count). The minimum Gasteiger partial charge on any atom is -0.352 e. The fourth-order valence-electron chi connectivity index (χ4n) is 3.11. The fourth-order valence-corrected chi connectivity index (χ4v) is 3.11. The number of nitrogens with one attached hydrogen (secondary N) is 1. The summed E-state index contributed by atoms with van der Waals surface area (Å²) in [5.74, 6) is 1.85. The van der Waals surface area contributed by atoms with Crippen LogP contribution >= 0.6 is 0 Å². The van der Waals surface area contributed by atoms with Crippen molar-refractivity contribution in [1.29, 1.82) is 0 Å². The van der Waals surface area contributed by atoms with Crippen molar-refractivity contribution in [3.05, 3.63) is 36.7 Å². The summed E-state index contributed by atoms with van der Waals surface area (Å²) in [7, 11) is 0. The average Bonchev–Trinajstić information content (AvgIpc) is 3.08. The van der Waals surface area contributed by atoms with Crippen molar-refractivity contribution in [2.24, 2.45) is 0 Å². The van der Waals surface area contributed by atoms with E-state index in [0.29, 0.717) is 13.0 Å². The minimum atomic E-state index is 0.0894. The van der Waals surface area contributed by atoms with Crippen molar-refractivity contribution in [2.75, 3.05) is 18.0 Å². The van der Waals surface area contributed by atoms with Gasteiger partial charge in [0.1, 0.15) is 5.82 Å². The van der Waals surface area contributed by atoms with Gasteiger partial charge in [0.2, 0.25) is 11.9 Å². The summed E-state index contributed by atoms with van der Waals surface area (Å²) < 4.78 is 2.05. The Balaban J connectivity index is 1.49. The summed E-state index contributed by atoms with van der Waals surface area (Å²) in [6.45, 7) is 4.45. The number of carbonyl (C=O) groups excluding carboxylic acids is 1. The van der Waals surface area contributed by atoms with Crippen LogP contribution in [0.15, 0.2) is 30.9 Å². The predicted octanol–water partition coefficient (Wildman–Crippen LogP) is 1.41. The van der Waals surface area contributed by atoms with E-state index in [1.54, 1.807) is 18.6 Å². The quantitative estimate of drug-likeness (QED) is 0.868. The Kier molecular flexibility index (Phi) is 5.40. The van der Waals surface area contributed by atoms with Crippen LogP contribution in [0.25, 0.3) is 0 Å². The Morgan fingerprint density at radius 3 is 2.92 bits per heavy atom. The molecule has 1 N–H and O–H groups in total. The molecule has 0 aromatic carbocycles. The maximum Gasteiger partial charge on any atom is 0.225 e. The molecule has 0 unspecified atom stereocenters. The van der Waals surface area contributed by atoms with E-state index in [1.807, 2.05) is 16.8 Å². The topological polar surface area (TPSA) is 75.9 Å². The van der Waals surface area contributed by atoms with E-state index >= 15 is 0 Å². The van der Waals surface area contributed by atoms with Crippen LogP contribution in [0.1, 0.15) is 32.0 Å². The van der Waals surface area contributed by atoms with Crippen LogP contribution in [0.3, 0.4) is 0 Å². The number of piperidine rings is 1. The van der Waals surface area contributed by atoms with Gasteiger partial charge in [-0.1, -0.05) is 6.92 Å². The largest absolute Gasteiger partial charge is 0.352 e. The molecule has 1 atom stereocenters. The zero-order valence-electron chi connectivity index (χ0n) is 14.1. The van der Waals surface area contributed by atoms with E-state index in [2.05, 4.69) is 32.1 Å². The third kappa shape index (κ3) is 4.10. The second-order valence-electron chi connectivity index (χ2n) is 6.04. The molecule has 3 heterocycles. The molecule has 128 valence electrons. The van der Waals surface area contributed by atoms with Gasteiger partial charge in [-0.3, -0.25) is 4.79 Å². The Morgan fingerprint density at radius 2 is 2.12 bits per heavy atom. The van der Waals surface area contributed by atoms with Crippen LogP contribution in [0.4, 0.5) is 5.95 Å². The summed E-state index contributed by atoms with van der Waals surface area (Å²) in [5, 5.41) is 3.15. The van der Waals surface area contributed by atoms with Crippen molar-refractivity contribution >= 4 is 11.9 Å². The molecule has 1 amide bonds. The minimum absolute atomic E-state index is 0.0894. The van der Waals surface area contributed by atoms with E-state index in [-0.39, 0.29) is 11.9 Å². The van der Waals surface area contributed by atoms with Gasteiger partial charge in [-0.15, -0.1) is 0 Å². The molecule has 0 aliphatic carbocycles. The van der Waals surface area contributed by atoms with Gasteiger partial charge in [-0.05, 0) is 18.9 Å². The summed E-state index contributed by atoms with van der Waals surface area (Å²) in [5.41, 5.74) is 0. The number of amides is 1. The van der Waals surface area contributed by atoms with E-state index < -0.39 is 0 Å². The van der Waals surface area contributed by atoms with E-state index in [1.165, 1.54) is 0 Å². The van der Waals surface area contributed by atoms with Gasteiger partial charge in [-0.25, -0.2) is 15.0 Å². The van der Waals surface area contributed by atoms with Crippen LogP contribution in [-0.2, 0) is 17.8 Å². The first kappa shape index (κ1) is 16.4. The molecule has 7 heteroatoms. The second-order valence-corrected chi connectivity index (χ2v) is 6.04. The third-order valence-corrected chi connectivity index (χ3v) is 4.32. The molecule has 1 fully saturated rings. The number of anilines is 1. The highest BCUT2D eigenvalue weighted by atomic mass is 16.1. The lowest BCUT2D eigenvalue weighted by atomic mass is 10.1. The van der Waals surface area contributed by atoms with Gasteiger partial charge >= 0.3 is 0 Å². The Morgan fingerprint density at radius 1 is 1.29 bits per heavy atom. The monoisotopic (exact) mass is 328 g/mol. The molecule has 0 saturated carbocycles. The third-order valence-electron chi connectivity index (χ3n) is 4.32. The number of imidazole rings is 1. The molecule has 0 radical (unpaired) electrons. The molecule has 24 heavy (non-hydrogen) atoms. The van der Waals surface area contributed by atoms with Crippen LogP contribution in [0, 0.1) is 0 Å². The Hall–Kier alpha value is -2.44. The number of nitrogens with zero attached hydrogens (tertiary/aromatic N) is 5. The van der Waals surface area contributed by atoms with Gasteiger partial charge in [0.15, 0.2) is 0 Å². The highest BCUT2D eigenvalue weighted by Gasteiger charge is 2.22. The summed E-state index contributed by atoms with van der Waals surface area (Å²) in [6.07, 6.45) is 10.6. The molecule has 2 aromatic rings. The predicted molar refractivity (Wildman–Crippen MR) is 91.6 cm³/mol. The molecule has 2 aromatic heterocycles. The lowest BCUT2D eigenvalue weighted by Gasteiger charge is -2.33. The number of hydrogen-bond donors (Lipinski definition) is 1. The molecule has 1 aliphatic rings. The SMILES string of the molecule is CCc1nccn1CCC(=O)N[C@H]1CCCN(c2ncccn2)C1. The van der Waals surface area contributed by atoms with Crippen molar-refractivity contribution in [3.8, 4) is 0 Å². The molecular weight excluding hydrogens is 304 g/mol. The van der Waals surface area contributed by atoms with Gasteiger partial charge in [0.05, 0.1) is 0 Å². The summed E-state index contributed by atoms with van der Waals surface area (Å²) in [6, 6.07) is 1.97. The van der Waals surface area contributed by atoms with E-state index in [9.17, 15) is 4.79 Å². The average molecular weight is 328 g/mol. The first-order valence-corrected chi connectivity index (χ1v) is 8.57. The number of rotatable bonds is 6. The summed E-state index contributed by atoms with van der Waals surface area (Å²) in [4.78, 5) is 27.3. The highest BCUT2D eigenvalue weighted by Crippen LogP contribution is 2.15. The zero-order chi connectivity index (χ0) is 16.8. The fraction of sp³-hybridized carbons (Fsp3) is 0.529. The van der Waals surface area contributed by atoms with Crippen LogP contribution < -0.4 is 10.2 Å². The normalized spacial score (nSPS) is 17.7. The van der Waals surface area contributed by atoms with Crippen LogP contribution in [-0.4, -0.2) is 44.6 Å². The first-order valence-electron chi connectivity index (χ1n) is 8.57. The number of aryl methyl sites for hydroxylation is 2. The molecular formula is C17H24N6O. The molecule has 7 nitrogen and oxygen atoms in total. The van der Waals surface area contributed by atoms with E-state index in [0.717, 1.165) is 44.1 Å². The number of carbonyl (C=O) groups is 1. The van der Waals surface area contributed by atoms with E-state index in [4.69, 9.17) is 0 Å². The lowest BCUT2D eigenvalue weighted by Crippen LogP contribution is -2.48. The second kappa shape index (κ2) is 7.90. The highest BCUT2D eigenvalue weighted by molar-refractivity contribution is 5.76. The smallest absolute Gasteiger partial charge is 0.225 e. The molecule has 0 spiro atoms. The summed E-state index contributed by atoms with van der Waals surface area (Å²) >= 11 is 0. The lowest BCUT2D eigenvalue weighted by molar-refractivity contribution is -0.122. The maximum absolute atomic E-state index is 12.3. The molecule has 1 aliphatic heterocycles. The van der Waals surface area contributed by atoms with Crippen molar-refractivity contribution in [1.82, 2.24) is 24.8 Å². The molecule has 0 bridgehead atoms. The molecule has 1 saturated heterocycles. The standard InChI is InChI=1S/C17H24N6O/c1-2-15-18-9-12-22(15)11-6-16(24)21-14-5-3-10-23(13-14)17-19-7-4-8-20-17/h4,7-9,12,14H,2-3,5-6,10-11,13H2,1H3,(H,21,24)/t14-/m0/s1. The Bertz CT molecular complexity index is 656. The van der Waals surface area contributed by atoms with Crippen molar-refractivity contribution < 1.29 is 4.79 Å². The van der Waals surface area contributed by atoms with Gasteiger partial charge in [-0.2, -0.15) is 0 Å². The zero-order valence-corrected chi connectivity index (χ0v) is 14.1. The van der Waals surface area contributed by atoms with Gasteiger partial charge < -0.3 is 14.8 Å². The van der Waals surface area contributed by atoms with Crippen LogP contribution in [0.2, 0.25) is 0 Å². The number of aromatic nitrogens is 4.